The van der Waals surface area contributed by atoms with Crippen LogP contribution in [0.2, 0.25) is 0 Å². The molecular formula is C26H22N2. The summed E-state index contributed by atoms with van der Waals surface area (Å²) in [5.41, 5.74) is 5.79. The molecule has 4 aromatic rings. The fourth-order valence-corrected chi connectivity index (χ4v) is 6.27. The van der Waals surface area contributed by atoms with Crippen molar-refractivity contribution in [3.63, 3.8) is 0 Å². The average molecular weight is 362 g/mol. The quantitative estimate of drug-likeness (QED) is 0.395. The van der Waals surface area contributed by atoms with Crippen LogP contribution >= 0.6 is 0 Å². The number of hydrogen-bond donors (Lipinski definition) is 2. The van der Waals surface area contributed by atoms with Crippen molar-refractivity contribution in [2.75, 3.05) is 17.2 Å². The van der Waals surface area contributed by atoms with Gasteiger partial charge in [-0.2, -0.15) is 0 Å². The van der Waals surface area contributed by atoms with Crippen LogP contribution in [0.5, 0.6) is 0 Å². The minimum atomic E-state index is 0.556. The summed E-state index contributed by atoms with van der Waals surface area (Å²) >= 11 is 0. The Labute approximate surface area is 164 Å². The molecule has 28 heavy (non-hydrogen) atoms. The summed E-state index contributed by atoms with van der Waals surface area (Å²) in [5.74, 6) is 1.85. The number of anilines is 2. The topological polar surface area (TPSA) is 24.1 Å². The van der Waals surface area contributed by atoms with Crippen LogP contribution in [0.3, 0.4) is 0 Å². The van der Waals surface area contributed by atoms with Gasteiger partial charge >= 0.3 is 0 Å². The van der Waals surface area contributed by atoms with Gasteiger partial charge in [-0.1, -0.05) is 72.8 Å². The van der Waals surface area contributed by atoms with Gasteiger partial charge in [-0.3, -0.25) is 0 Å². The SMILES string of the molecule is c1ccc2c3c(ccc2c1)[C@@H]1[C@H](CN3)[C@@H]2C[C@H]1c1ccc3ccccc3c1N2. The molecule has 2 heteroatoms. The maximum atomic E-state index is 3.96. The van der Waals surface area contributed by atoms with E-state index in [1.54, 1.807) is 0 Å². The Morgan fingerprint density at radius 3 is 2.14 bits per heavy atom. The van der Waals surface area contributed by atoms with E-state index in [4.69, 9.17) is 0 Å². The summed E-state index contributed by atoms with van der Waals surface area (Å²) in [6, 6.07) is 27.5. The van der Waals surface area contributed by atoms with E-state index < -0.39 is 0 Å². The van der Waals surface area contributed by atoms with Crippen molar-refractivity contribution in [3.05, 3.63) is 83.9 Å². The monoisotopic (exact) mass is 362 g/mol. The lowest BCUT2D eigenvalue weighted by Gasteiger charge is -2.33. The molecule has 2 heterocycles. The van der Waals surface area contributed by atoms with Crippen molar-refractivity contribution in [3.8, 4) is 0 Å². The van der Waals surface area contributed by atoms with Gasteiger partial charge in [-0.25, -0.2) is 0 Å². The van der Waals surface area contributed by atoms with Gasteiger partial charge in [0.15, 0.2) is 0 Å². The van der Waals surface area contributed by atoms with Crippen molar-refractivity contribution in [1.29, 1.82) is 0 Å². The van der Waals surface area contributed by atoms with Gasteiger partial charge in [0.25, 0.3) is 0 Å². The zero-order chi connectivity index (χ0) is 18.2. The molecule has 1 saturated carbocycles. The molecule has 2 N–H and O–H groups in total. The molecule has 0 saturated heterocycles. The predicted molar refractivity (Wildman–Crippen MR) is 117 cm³/mol. The number of benzene rings is 4. The predicted octanol–water partition coefficient (Wildman–Crippen LogP) is 6.10. The van der Waals surface area contributed by atoms with E-state index in [0.717, 1.165) is 6.54 Å². The minimum Gasteiger partial charge on any atom is -0.384 e. The maximum absolute atomic E-state index is 3.96. The smallest absolute Gasteiger partial charge is 0.0457 e. The lowest BCUT2D eigenvalue weighted by Crippen LogP contribution is -2.34. The Morgan fingerprint density at radius 1 is 0.679 bits per heavy atom. The van der Waals surface area contributed by atoms with Crippen molar-refractivity contribution in [1.82, 2.24) is 0 Å². The van der Waals surface area contributed by atoms with Crippen molar-refractivity contribution in [2.24, 2.45) is 5.92 Å². The molecule has 2 aliphatic heterocycles. The van der Waals surface area contributed by atoms with Gasteiger partial charge in [-0.05, 0) is 40.2 Å². The summed E-state index contributed by atoms with van der Waals surface area (Å²) in [4.78, 5) is 0. The molecule has 0 radical (unpaired) electrons. The van der Waals surface area contributed by atoms with Gasteiger partial charge in [0.2, 0.25) is 0 Å². The normalized spacial score (nSPS) is 26.9. The largest absolute Gasteiger partial charge is 0.384 e. The molecule has 0 amide bonds. The molecule has 7 rings (SSSR count). The van der Waals surface area contributed by atoms with Crippen molar-refractivity contribution >= 4 is 32.9 Å². The highest BCUT2D eigenvalue weighted by molar-refractivity contribution is 5.98. The highest BCUT2D eigenvalue weighted by Gasteiger charge is 2.50. The first-order valence-corrected chi connectivity index (χ1v) is 10.4. The molecule has 4 aromatic carbocycles. The second kappa shape index (κ2) is 5.29. The summed E-state index contributed by atoms with van der Waals surface area (Å²) in [6.45, 7) is 1.06. The Morgan fingerprint density at radius 2 is 1.36 bits per heavy atom. The number of rotatable bonds is 0. The minimum absolute atomic E-state index is 0.556. The van der Waals surface area contributed by atoms with Gasteiger partial charge in [0, 0.05) is 40.7 Å². The first kappa shape index (κ1) is 15.0. The Hall–Kier alpha value is -3.00. The fourth-order valence-electron chi connectivity index (χ4n) is 6.27. The first-order chi connectivity index (χ1) is 13.9. The summed E-state index contributed by atoms with van der Waals surface area (Å²) in [5, 5.41) is 13.2. The van der Waals surface area contributed by atoms with E-state index in [2.05, 4.69) is 83.4 Å². The van der Waals surface area contributed by atoms with E-state index in [1.165, 1.54) is 50.5 Å². The third-order valence-electron chi connectivity index (χ3n) is 7.44. The van der Waals surface area contributed by atoms with E-state index in [0.29, 0.717) is 23.8 Å². The van der Waals surface area contributed by atoms with Crippen molar-refractivity contribution < 1.29 is 0 Å². The lowest BCUT2D eigenvalue weighted by molar-refractivity contribution is 0.460. The Balaban J connectivity index is 1.45. The molecule has 1 fully saturated rings. The van der Waals surface area contributed by atoms with E-state index in [1.807, 2.05) is 0 Å². The van der Waals surface area contributed by atoms with E-state index in [9.17, 15) is 0 Å². The molecule has 136 valence electrons. The summed E-state index contributed by atoms with van der Waals surface area (Å²) in [7, 11) is 0. The van der Waals surface area contributed by atoms with Gasteiger partial charge in [0.1, 0.15) is 0 Å². The number of fused-ring (bicyclic) bond motifs is 13. The number of hydrogen-bond acceptors (Lipinski definition) is 2. The number of nitrogens with one attached hydrogen (secondary N) is 2. The van der Waals surface area contributed by atoms with Crippen LogP contribution < -0.4 is 10.6 Å². The molecular weight excluding hydrogens is 340 g/mol. The van der Waals surface area contributed by atoms with Crippen LogP contribution in [-0.4, -0.2) is 12.6 Å². The Kier molecular flexibility index (Phi) is 2.83. The summed E-state index contributed by atoms with van der Waals surface area (Å²) in [6.07, 6.45) is 1.24. The average Bonchev–Trinajstić information content (AvgIpc) is 3.06. The Bertz CT molecular complexity index is 1260. The second-order valence-electron chi connectivity index (χ2n) is 8.67. The molecule has 0 unspecified atom stereocenters. The fraction of sp³-hybridized carbons (Fsp3) is 0.231. The van der Waals surface area contributed by atoms with Gasteiger partial charge < -0.3 is 10.6 Å². The molecule has 1 aliphatic carbocycles. The van der Waals surface area contributed by atoms with Crippen LogP contribution in [-0.2, 0) is 0 Å². The van der Waals surface area contributed by atoms with Crippen LogP contribution in [0.4, 0.5) is 11.4 Å². The maximum Gasteiger partial charge on any atom is 0.0457 e. The van der Waals surface area contributed by atoms with Gasteiger partial charge in [-0.15, -0.1) is 0 Å². The van der Waals surface area contributed by atoms with E-state index in [-0.39, 0.29) is 0 Å². The first-order valence-electron chi connectivity index (χ1n) is 10.4. The molecule has 0 spiro atoms. The zero-order valence-corrected chi connectivity index (χ0v) is 15.7. The molecule has 3 aliphatic rings. The molecule has 4 atom stereocenters. The highest BCUT2D eigenvalue weighted by atomic mass is 15.0. The standard InChI is InChI=1S/C26H22N2/c1-3-7-17-15(5-1)10-12-20-24-21-13-23(22(24)14-27-25(17)20)28-26-18-8-4-2-6-16(18)9-11-19(21)26/h1-12,21-24,27-28H,13-14H2/t21-,22+,23-,24-/m0/s1. The molecule has 2 bridgehead atoms. The molecule has 2 nitrogen and oxygen atoms in total. The van der Waals surface area contributed by atoms with Crippen molar-refractivity contribution in [2.45, 2.75) is 24.3 Å². The van der Waals surface area contributed by atoms with Crippen LogP contribution in [0, 0.1) is 5.92 Å². The van der Waals surface area contributed by atoms with Crippen LogP contribution in [0.1, 0.15) is 29.4 Å². The van der Waals surface area contributed by atoms with Crippen LogP contribution in [0.25, 0.3) is 21.5 Å². The third kappa shape index (κ3) is 1.83. The summed E-state index contributed by atoms with van der Waals surface area (Å²) < 4.78 is 0. The third-order valence-corrected chi connectivity index (χ3v) is 7.44. The van der Waals surface area contributed by atoms with E-state index >= 15 is 0 Å². The molecule has 0 aromatic heterocycles. The second-order valence-corrected chi connectivity index (χ2v) is 8.67. The van der Waals surface area contributed by atoms with Crippen LogP contribution in [0.15, 0.2) is 72.8 Å². The zero-order valence-electron chi connectivity index (χ0n) is 15.7. The lowest BCUT2D eigenvalue weighted by atomic mass is 9.76. The highest BCUT2D eigenvalue weighted by Crippen LogP contribution is 2.59. The van der Waals surface area contributed by atoms with Gasteiger partial charge in [0.05, 0.1) is 0 Å².